The summed E-state index contributed by atoms with van der Waals surface area (Å²) in [5, 5.41) is 0. The zero-order chi connectivity index (χ0) is 18.4. The van der Waals surface area contributed by atoms with Crippen molar-refractivity contribution in [2.24, 2.45) is 0 Å². The Balaban J connectivity index is 1.61. The van der Waals surface area contributed by atoms with Crippen LogP contribution in [0, 0.1) is 0 Å². The van der Waals surface area contributed by atoms with Gasteiger partial charge in [0.2, 0.25) is 0 Å². The lowest BCUT2D eigenvalue weighted by Crippen LogP contribution is -2.43. The second-order valence-electron chi connectivity index (χ2n) is 7.25. The summed E-state index contributed by atoms with van der Waals surface area (Å²) in [6.07, 6.45) is 14.0. The van der Waals surface area contributed by atoms with Gasteiger partial charge in [0.15, 0.2) is 0 Å². The molecule has 26 heavy (non-hydrogen) atoms. The zero-order valence-electron chi connectivity index (χ0n) is 16.4. The third-order valence-electron chi connectivity index (χ3n) is 5.62. The molecule has 0 unspecified atom stereocenters. The van der Waals surface area contributed by atoms with Crippen LogP contribution >= 0.6 is 0 Å². The Kier molecular flexibility index (Phi) is 6.56. The molecule has 3 rings (SSSR count). The predicted molar refractivity (Wildman–Crippen MR) is 110 cm³/mol. The molecule has 0 spiro atoms. The van der Waals surface area contributed by atoms with Crippen molar-refractivity contribution in [3.05, 3.63) is 59.7 Å². The summed E-state index contributed by atoms with van der Waals surface area (Å²) >= 11 is 0. The average Bonchev–Trinajstić information content (AvgIpc) is 2.70. The molecular formula is C23H32N2O. The van der Waals surface area contributed by atoms with Crippen molar-refractivity contribution in [1.82, 2.24) is 9.80 Å². The highest BCUT2D eigenvalue weighted by atomic mass is 16.5. The summed E-state index contributed by atoms with van der Waals surface area (Å²) in [6, 6.07) is 8.90. The highest BCUT2D eigenvalue weighted by molar-refractivity contribution is 5.69. The number of ether oxygens (including phenoxy) is 1. The van der Waals surface area contributed by atoms with E-state index in [4.69, 9.17) is 4.74 Å². The number of nitrogens with zero attached hydrogens (tertiary/aromatic N) is 2. The standard InChI is InChI=1S/C23H32N2O/c1-4-22(21-12-8-9-13-23(21)26-3)24(2)20-14-16-25(17-15-20)18-19-10-6-5-7-11-19/h4,6,8-13,20H,5,7,14-18H2,1-3H3/b22-4+. The summed E-state index contributed by atoms with van der Waals surface area (Å²) < 4.78 is 5.58. The van der Waals surface area contributed by atoms with Crippen molar-refractivity contribution in [2.45, 2.75) is 38.6 Å². The van der Waals surface area contributed by atoms with Crippen LogP contribution in [0.25, 0.3) is 5.70 Å². The molecular weight excluding hydrogens is 320 g/mol. The third kappa shape index (κ3) is 4.39. The smallest absolute Gasteiger partial charge is 0.128 e. The minimum Gasteiger partial charge on any atom is -0.496 e. The molecule has 0 aromatic heterocycles. The Bertz CT molecular complexity index is 681. The highest BCUT2D eigenvalue weighted by Crippen LogP contribution is 2.31. The number of rotatable bonds is 6. The lowest BCUT2D eigenvalue weighted by atomic mass is 9.99. The molecule has 0 atom stereocenters. The van der Waals surface area contributed by atoms with Crippen molar-refractivity contribution in [3.63, 3.8) is 0 Å². The topological polar surface area (TPSA) is 15.7 Å². The molecule has 140 valence electrons. The van der Waals surface area contributed by atoms with Crippen LogP contribution in [0.5, 0.6) is 5.75 Å². The summed E-state index contributed by atoms with van der Waals surface area (Å²) in [4.78, 5) is 5.05. The van der Waals surface area contributed by atoms with Gasteiger partial charge in [0.05, 0.1) is 7.11 Å². The van der Waals surface area contributed by atoms with Gasteiger partial charge in [-0.3, -0.25) is 4.90 Å². The van der Waals surface area contributed by atoms with Gasteiger partial charge in [0.1, 0.15) is 5.75 Å². The van der Waals surface area contributed by atoms with E-state index in [1.807, 2.05) is 12.1 Å². The molecule has 0 saturated carbocycles. The number of para-hydroxylation sites is 1. The Morgan fingerprint density at radius 3 is 2.65 bits per heavy atom. The highest BCUT2D eigenvalue weighted by Gasteiger charge is 2.25. The van der Waals surface area contributed by atoms with Crippen molar-refractivity contribution in [1.29, 1.82) is 0 Å². The van der Waals surface area contributed by atoms with Crippen LogP contribution in [0.4, 0.5) is 0 Å². The minimum atomic E-state index is 0.582. The van der Waals surface area contributed by atoms with E-state index in [1.54, 1.807) is 7.11 Å². The van der Waals surface area contributed by atoms with E-state index in [2.05, 4.69) is 60.2 Å². The first-order chi connectivity index (χ1) is 12.7. The van der Waals surface area contributed by atoms with E-state index < -0.39 is 0 Å². The first kappa shape index (κ1) is 18.8. The van der Waals surface area contributed by atoms with Crippen molar-refractivity contribution in [3.8, 4) is 5.75 Å². The van der Waals surface area contributed by atoms with E-state index in [0.717, 1.165) is 12.3 Å². The van der Waals surface area contributed by atoms with Crippen molar-refractivity contribution >= 4 is 5.70 Å². The van der Waals surface area contributed by atoms with Crippen LogP contribution in [0.15, 0.2) is 54.1 Å². The molecule has 1 aromatic rings. The Morgan fingerprint density at radius 1 is 1.23 bits per heavy atom. The molecule has 0 N–H and O–H groups in total. The fourth-order valence-electron chi connectivity index (χ4n) is 4.11. The van der Waals surface area contributed by atoms with Gasteiger partial charge in [-0.25, -0.2) is 0 Å². The lowest BCUT2D eigenvalue weighted by Gasteiger charge is -2.39. The first-order valence-electron chi connectivity index (χ1n) is 9.83. The number of allylic oxidation sites excluding steroid dienone is 3. The fourth-order valence-corrected chi connectivity index (χ4v) is 4.11. The number of piperidine rings is 1. The van der Waals surface area contributed by atoms with Gasteiger partial charge in [-0.05, 0) is 50.3 Å². The largest absolute Gasteiger partial charge is 0.496 e. The second-order valence-corrected chi connectivity index (χ2v) is 7.25. The Morgan fingerprint density at radius 2 is 2.00 bits per heavy atom. The van der Waals surface area contributed by atoms with Gasteiger partial charge in [-0.15, -0.1) is 0 Å². The molecule has 1 fully saturated rings. The van der Waals surface area contributed by atoms with Crippen LogP contribution < -0.4 is 4.74 Å². The summed E-state index contributed by atoms with van der Waals surface area (Å²) in [6.45, 7) is 5.57. The van der Waals surface area contributed by atoms with Crippen LogP contribution in [-0.2, 0) is 0 Å². The number of methoxy groups -OCH3 is 1. The number of likely N-dealkylation sites (tertiary alicyclic amines) is 1. The first-order valence-corrected chi connectivity index (χ1v) is 9.83. The lowest BCUT2D eigenvalue weighted by molar-refractivity contribution is 0.171. The monoisotopic (exact) mass is 352 g/mol. The quantitative estimate of drug-likeness (QED) is 0.736. The van der Waals surface area contributed by atoms with E-state index in [9.17, 15) is 0 Å². The van der Waals surface area contributed by atoms with Crippen LogP contribution in [0.3, 0.4) is 0 Å². The molecule has 1 saturated heterocycles. The Hall–Kier alpha value is -2.00. The van der Waals surface area contributed by atoms with E-state index in [0.29, 0.717) is 6.04 Å². The third-order valence-corrected chi connectivity index (χ3v) is 5.62. The SMILES string of the molecule is C/C=C(\c1ccccc1OC)N(C)C1CCN(CC2=CCCC=C2)CC1. The Labute approximate surface area is 158 Å². The molecule has 3 nitrogen and oxygen atoms in total. The van der Waals surface area contributed by atoms with Crippen LogP contribution in [-0.4, -0.2) is 49.6 Å². The van der Waals surface area contributed by atoms with E-state index in [-0.39, 0.29) is 0 Å². The maximum atomic E-state index is 5.58. The molecule has 1 heterocycles. The minimum absolute atomic E-state index is 0.582. The maximum absolute atomic E-state index is 5.58. The molecule has 0 bridgehead atoms. The molecule has 3 heteroatoms. The molecule has 1 aliphatic carbocycles. The van der Waals surface area contributed by atoms with E-state index in [1.165, 1.54) is 55.6 Å². The zero-order valence-corrected chi connectivity index (χ0v) is 16.4. The maximum Gasteiger partial charge on any atom is 0.128 e. The van der Waals surface area contributed by atoms with Crippen LogP contribution in [0.1, 0.15) is 38.2 Å². The fraction of sp³-hybridized carbons (Fsp3) is 0.478. The van der Waals surface area contributed by atoms with Gasteiger partial charge < -0.3 is 9.64 Å². The van der Waals surface area contributed by atoms with Gasteiger partial charge in [-0.2, -0.15) is 0 Å². The second kappa shape index (κ2) is 9.09. The molecule has 1 aromatic carbocycles. The summed E-state index contributed by atoms with van der Waals surface area (Å²) in [7, 11) is 3.98. The van der Waals surface area contributed by atoms with Crippen LogP contribution in [0.2, 0.25) is 0 Å². The molecule has 1 aliphatic heterocycles. The molecule has 0 amide bonds. The van der Waals surface area contributed by atoms with Gasteiger partial charge in [0.25, 0.3) is 0 Å². The predicted octanol–water partition coefficient (Wildman–Crippen LogP) is 4.73. The summed E-state index contributed by atoms with van der Waals surface area (Å²) in [5.74, 6) is 0.945. The molecule has 0 radical (unpaired) electrons. The van der Waals surface area contributed by atoms with Gasteiger partial charge >= 0.3 is 0 Å². The van der Waals surface area contributed by atoms with E-state index >= 15 is 0 Å². The molecule has 2 aliphatic rings. The number of hydrogen-bond acceptors (Lipinski definition) is 3. The van der Waals surface area contributed by atoms with Gasteiger partial charge in [0, 0.05) is 44.0 Å². The van der Waals surface area contributed by atoms with Crippen molar-refractivity contribution < 1.29 is 4.74 Å². The van der Waals surface area contributed by atoms with Crippen molar-refractivity contribution in [2.75, 3.05) is 33.8 Å². The number of benzene rings is 1. The van der Waals surface area contributed by atoms with Gasteiger partial charge in [-0.1, -0.05) is 36.4 Å². The number of hydrogen-bond donors (Lipinski definition) is 0. The average molecular weight is 353 g/mol. The summed E-state index contributed by atoms with van der Waals surface area (Å²) in [5.41, 5.74) is 3.94. The normalized spacial score (nSPS) is 19.3.